The molecule has 5 rings (SSSR count). The Morgan fingerprint density at radius 1 is 1.00 bits per heavy atom. The molecule has 0 saturated carbocycles. The van der Waals surface area contributed by atoms with Crippen molar-refractivity contribution >= 4 is 5.71 Å². The highest BCUT2D eigenvalue weighted by Gasteiger charge is 2.27. The monoisotopic (exact) mass is 490 g/mol. The third-order valence-corrected chi connectivity index (χ3v) is 6.10. The number of aliphatic hydroxyl groups excluding tert-OH is 1. The average Bonchev–Trinajstić information content (AvgIpc) is 3.57. The predicted octanol–water partition coefficient (Wildman–Crippen LogP) is 3.86. The van der Waals surface area contributed by atoms with Crippen molar-refractivity contribution in [1.82, 2.24) is 4.90 Å². The summed E-state index contributed by atoms with van der Waals surface area (Å²) in [4.78, 5) is 7.96. The molecule has 0 saturated heterocycles. The topological polar surface area (TPSA) is 82.0 Å². The third-order valence-electron chi connectivity index (χ3n) is 6.10. The molecule has 36 heavy (non-hydrogen) atoms. The highest BCUT2D eigenvalue weighted by Crippen LogP contribution is 2.33. The molecule has 2 aliphatic rings. The zero-order valence-electron chi connectivity index (χ0n) is 20.2. The Labute approximate surface area is 210 Å². The summed E-state index contributed by atoms with van der Waals surface area (Å²) in [6.07, 6.45) is -0.157. The van der Waals surface area contributed by atoms with Crippen LogP contribution in [-0.2, 0) is 11.4 Å². The van der Waals surface area contributed by atoms with E-state index in [0.29, 0.717) is 26.1 Å². The molecule has 0 amide bonds. The first-order valence-electron chi connectivity index (χ1n) is 12.0. The number of ether oxygens (including phenoxy) is 4. The lowest BCUT2D eigenvalue weighted by Crippen LogP contribution is -2.39. The third kappa shape index (κ3) is 6.08. The van der Waals surface area contributed by atoms with E-state index in [2.05, 4.69) is 10.1 Å². The van der Waals surface area contributed by atoms with Crippen LogP contribution in [-0.4, -0.2) is 61.5 Å². The molecular formula is C28H30N2O6. The fourth-order valence-electron chi connectivity index (χ4n) is 4.35. The van der Waals surface area contributed by atoms with Gasteiger partial charge in [-0.3, -0.25) is 4.90 Å². The zero-order chi connectivity index (χ0) is 24.7. The molecule has 188 valence electrons. The second kappa shape index (κ2) is 11.3. The van der Waals surface area contributed by atoms with Crippen molar-refractivity contribution in [2.75, 3.05) is 33.6 Å². The molecule has 3 aromatic carbocycles. The van der Waals surface area contributed by atoms with Gasteiger partial charge in [0.25, 0.3) is 0 Å². The van der Waals surface area contributed by atoms with Gasteiger partial charge in [0.2, 0.25) is 6.79 Å². The Hall–Kier alpha value is -3.75. The largest absolute Gasteiger partial charge is 0.497 e. The fraction of sp³-hybridized carbons (Fsp3) is 0.321. The normalized spacial score (nSPS) is 17.0. The maximum Gasteiger partial charge on any atom is 0.231 e. The SMILES string of the molecule is COc1cccc(CN(CC(O)COc2ccccc2)CC2CC(c3ccc4c(c3)OCO4)=NO2)c1. The summed E-state index contributed by atoms with van der Waals surface area (Å²) in [6.45, 7) is 2.07. The second-order valence-electron chi connectivity index (χ2n) is 8.86. The van der Waals surface area contributed by atoms with E-state index in [1.165, 1.54) is 0 Å². The lowest BCUT2D eigenvalue weighted by Gasteiger charge is -2.27. The van der Waals surface area contributed by atoms with Crippen molar-refractivity contribution in [1.29, 1.82) is 0 Å². The van der Waals surface area contributed by atoms with Crippen molar-refractivity contribution in [3.8, 4) is 23.0 Å². The van der Waals surface area contributed by atoms with Crippen LogP contribution in [0.25, 0.3) is 0 Å². The van der Waals surface area contributed by atoms with Crippen LogP contribution in [0.5, 0.6) is 23.0 Å². The van der Waals surface area contributed by atoms with Crippen LogP contribution >= 0.6 is 0 Å². The number of para-hydroxylation sites is 1. The van der Waals surface area contributed by atoms with Crippen LogP contribution in [0.15, 0.2) is 78.0 Å². The van der Waals surface area contributed by atoms with Crippen LogP contribution in [0, 0.1) is 0 Å². The Morgan fingerprint density at radius 2 is 1.83 bits per heavy atom. The van der Waals surface area contributed by atoms with Crippen LogP contribution in [0.2, 0.25) is 0 Å². The number of hydrogen-bond donors (Lipinski definition) is 1. The molecule has 0 fully saturated rings. The molecule has 1 N–H and O–H groups in total. The number of benzene rings is 3. The molecule has 2 heterocycles. The highest BCUT2D eigenvalue weighted by atomic mass is 16.7. The van der Waals surface area contributed by atoms with Gasteiger partial charge in [-0.05, 0) is 48.0 Å². The summed E-state index contributed by atoms with van der Waals surface area (Å²) in [7, 11) is 1.66. The summed E-state index contributed by atoms with van der Waals surface area (Å²) < 4.78 is 22.1. The Balaban J connectivity index is 1.22. The number of oxime groups is 1. The van der Waals surface area contributed by atoms with E-state index >= 15 is 0 Å². The summed E-state index contributed by atoms with van der Waals surface area (Å²) in [5.74, 6) is 2.99. The maximum atomic E-state index is 10.8. The smallest absolute Gasteiger partial charge is 0.231 e. The van der Waals surface area contributed by atoms with Crippen molar-refractivity contribution in [2.45, 2.75) is 25.2 Å². The van der Waals surface area contributed by atoms with Gasteiger partial charge in [0.15, 0.2) is 11.5 Å². The number of fused-ring (bicyclic) bond motifs is 1. The lowest BCUT2D eigenvalue weighted by atomic mass is 10.0. The van der Waals surface area contributed by atoms with E-state index in [0.717, 1.165) is 39.8 Å². The first-order chi connectivity index (χ1) is 17.7. The first-order valence-corrected chi connectivity index (χ1v) is 12.0. The van der Waals surface area contributed by atoms with Gasteiger partial charge in [-0.15, -0.1) is 0 Å². The van der Waals surface area contributed by atoms with Crippen LogP contribution in [0.1, 0.15) is 17.5 Å². The van der Waals surface area contributed by atoms with Gasteiger partial charge < -0.3 is 28.9 Å². The molecule has 8 nitrogen and oxygen atoms in total. The minimum atomic E-state index is -0.675. The molecule has 0 aromatic heterocycles. The number of aliphatic hydroxyl groups is 1. The van der Waals surface area contributed by atoms with Crippen molar-refractivity contribution in [2.24, 2.45) is 5.16 Å². The molecule has 3 aromatic rings. The Bertz CT molecular complexity index is 1190. The van der Waals surface area contributed by atoms with Gasteiger partial charge in [0, 0.05) is 31.6 Å². The molecule has 0 spiro atoms. The Kier molecular flexibility index (Phi) is 7.54. The van der Waals surface area contributed by atoms with E-state index in [-0.39, 0.29) is 19.5 Å². The quantitative estimate of drug-likeness (QED) is 0.437. The van der Waals surface area contributed by atoms with E-state index in [1.54, 1.807) is 7.11 Å². The van der Waals surface area contributed by atoms with Crippen LogP contribution < -0.4 is 18.9 Å². The van der Waals surface area contributed by atoms with Crippen molar-refractivity contribution < 1.29 is 28.9 Å². The standard InChI is InChI=1S/C28H30N2O6/c1-32-24-9-5-6-20(12-24)15-30(16-22(31)18-33-23-7-3-2-4-8-23)17-25-14-26(29-36-25)21-10-11-27-28(13-21)35-19-34-27/h2-13,22,25,31H,14-19H2,1H3. The second-order valence-corrected chi connectivity index (χ2v) is 8.86. The number of methoxy groups -OCH3 is 1. The minimum absolute atomic E-state index is 0.140. The number of nitrogens with zero attached hydrogens (tertiary/aromatic N) is 2. The zero-order valence-corrected chi connectivity index (χ0v) is 20.2. The number of hydrogen-bond acceptors (Lipinski definition) is 8. The van der Waals surface area contributed by atoms with Gasteiger partial charge in [-0.1, -0.05) is 35.5 Å². The van der Waals surface area contributed by atoms with Crippen molar-refractivity contribution in [3.63, 3.8) is 0 Å². The van der Waals surface area contributed by atoms with Gasteiger partial charge in [0.05, 0.1) is 12.8 Å². The molecule has 2 unspecified atom stereocenters. The molecule has 8 heteroatoms. The van der Waals surface area contributed by atoms with E-state index in [9.17, 15) is 5.11 Å². The molecule has 0 radical (unpaired) electrons. The summed E-state index contributed by atoms with van der Waals surface area (Å²) in [5, 5.41) is 15.1. The molecule has 2 atom stereocenters. The van der Waals surface area contributed by atoms with Crippen LogP contribution in [0.3, 0.4) is 0 Å². The van der Waals surface area contributed by atoms with Gasteiger partial charge >= 0.3 is 0 Å². The van der Waals surface area contributed by atoms with Gasteiger partial charge in [-0.2, -0.15) is 0 Å². The lowest BCUT2D eigenvalue weighted by molar-refractivity contribution is 0.0213. The summed E-state index contributed by atoms with van der Waals surface area (Å²) in [6, 6.07) is 23.2. The molecule has 0 aliphatic carbocycles. The first kappa shape index (κ1) is 24.0. The Morgan fingerprint density at radius 3 is 2.69 bits per heavy atom. The highest BCUT2D eigenvalue weighted by molar-refractivity contribution is 6.01. The maximum absolute atomic E-state index is 10.8. The predicted molar refractivity (Wildman–Crippen MR) is 135 cm³/mol. The van der Waals surface area contributed by atoms with E-state index in [4.69, 9.17) is 23.8 Å². The fourth-order valence-corrected chi connectivity index (χ4v) is 4.35. The summed E-state index contributed by atoms with van der Waals surface area (Å²) in [5.41, 5.74) is 2.91. The van der Waals surface area contributed by atoms with Gasteiger partial charge in [0.1, 0.15) is 30.3 Å². The molecule has 2 aliphatic heterocycles. The van der Waals surface area contributed by atoms with E-state index in [1.807, 2.05) is 72.8 Å². The molecular weight excluding hydrogens is 460 g/mol. The van der Waals surface area contributed by atoms with Crippen molar-refractivity contribution in [3.05, 3.63) is 83.9 Å². The summed E-state index contributed by atoms with van der Waals surface area (Å²) >= 11 is 0. The van der Waals surface area contributed by atoms with E-state index < -0.39 is 6.10 Å². The minimum Gasteiger partial charge on any atom is -0.497 e. The van der Waals surface area contributed by atoms with Gasteiger partial charge in [-0.25, -0.2) is 0 Å². The average molecular weight is 491 g/mol. The number of rotatable bonds is 11. The van der Waals surface area contributed by atoms with Crippen LogP contribution in [0.4, 0.5) is 0 Å². The molecule has 0 bridgehead atoms.